The van der Waals surface area contributed by atoms with Crippen molar-refractivity contribution in [2.75, 3.05) is 0 Å². The Morgan fingerprint density at radius 3 is 1.82 bits per heavy atom. The highest BCUT2D eigenvalue weighted by molar-refractivity contribution is 7.25. The van der Waals surface area contributed by atoms with Gasteiger partial charge in [-0.3, -0.25) is 0 Å². The number of nitrogens with zero attached hydrogens (tertiary/aromatic N) is 3. The van der Waals surface area contributed by atoms with Gasteiger partial charge in [-0.15, -0.1) is 11.3 Å². The third-order valence-corrected chi connectivity index (χ3v) is 9.30. The number of fused-ring (bicyclic) bond motifs is 6. The predicted octanol–water partition coefficient (Wildman–Crippen LogP) is 10.8. The van der Waals surface area contributed by atoms with Crippen LogP contribution in [0.15, 0.2) is 144 Å². The zero-order chi connectivity index (χ0) is 29.0. The summed E-state index contributed by atoms with van der Waals surface area (Å²) in [7, 11) is 0. The summed E-state index contributed by atoms with van der Waals surface area (Å²) in [5.74, 6) is 1.89. The molecule has 9 aromatic rings. The van der Waals surface area contributed by atoms with E-state index in [0.717, 1.165) is 44.2 Å². The van der Waals surface area contributed by atoms with E-state index < -0.39 is 0 Å². The molecule has 0 radical (unpaired) electrons. The fourth-order valence-electron chi connectivity index (χ4n) is 6.03. The van der Waals surface area contributed by atoms with E-state index in [9.17, 15) is 0 Å². The molecule has 4 nitrogen and oxygen atoms in total. The Balaban J connectivity index is 1.21. The van der Waals surface area contributed by atoms with Crippen LogP contribution in [0.4, 0.5) is 0 Å². The van der Waals surface area contributed by atoms with Gasteiger partial charge in [0.2, 0.25) is 0 Å². The quantitative estimate of drug-likeness (QED) is 0.207. The van der Waals surface area contributed by atoms with Gasteiger partial charge in [-0.25, -0.2) is 15.0 Å². The van der Waals surface area contributed by atoms with Crippen molar-refractivity contribution in [3.05, 3.63) is 140 Å². The first-order valence-corrected chi connectivity index (χ1v) is 15.3. The van der Waals surface area contributed by atoms with E-state index in [4.69, 9.17) is 19.4 Å². The Kier molecular flexibility index (Phi) is 5.64. The highest BCUT2D eigenvalue weighted by atomic mass is 32.1. The summed E-state index contributed by atoms with van der Waals surface area (Å²) >= 11 is 1.83. The molecular formula is C39H23N3OS. The summed E-state index contributed by atoms with van der Waals surface area (Å²) in [5.41, 5.74) is 6.72. The van der Waals surface area contributed by atoms with Crippen molar-refractivity contribution in [3.8, 4) is 45.3 Å². The Bertz CT molecular complexity index is 2440. The molecule has 0 amide bonds. The van der Waals surface area contributed by atoms with Gasteiger partial charge in [-0.2, -0.15) is 0 Å². The van der Waals surface area contributed by atoms with E-state index in [-0.39, 0.29) is 0 Å². The molecule has 0 spiro atoms. The molecule has 0 saturated carbocycles. The van der Waals surface area contributed by atoms with Crippen molar-refractivity contribution in [1.29, 1.82) is 0 Å². The lowest BCUT2D eigenvalue weighted by Gasteiger charge is -2.09. The average Bonchev–Trinajstić information content (AvgIpc) is 3.66. The van der Waals surface area contributed by atoms with Gasteiger partial charge < -0.3 is 4.42 Å². The van der Waals surface area contributed by atoms with Gasteiger partial charge in [-0.05, 0) is 47.5 Å². The molecule has 0 unspecified atom stereocenters. The van der Waals surface area contributed by atoms with Gasteiger partial charge in [0.1, 0.15) is 11.2 Å². The molecule has 9 rings (SSSR count). The second-order valence-electron chi connectivity index (χ2n) is 10.8. The number of rotatable bonds is 4. The maximum absolute atomic E-state index is 6.48. The summed E-state index contributed by atoms with van der Waals surface area (Å²) in [4.78, 5) is 14.8. The second-order valence-corrected chi connectivity index (χ2v) is 11.9. The van der Waals surface area contributed by atoms with Crippen LogP contribution in [0.3, 0.4) is 0 Å². The highest BCUT2D eigenvalue weighted by Crippen LogP contribution is 2.40. The molecule has 206 valence electrons. The maximum Gasteiger partial charge on any atom is 0.164 e. The largest absolute Gasteiger partial charge is 0.456 e. The minimum atomic E-state index is 0.616. The Hall–Kier alpha value is -5.65. The Morgan fingerprint density at radius 2 is 1.05 bits per heavy atom. The first-order valence-electron chi connectivity index (χ1n) is 14.5. The van der Waals surface area contributed by atoms with Crippen LogP contribution < -0.4 is 0 Å². The molecule has 0 aliphatic heterocycles. The molecule has 5 heteroatoms. The minimum Gasteiger partial charge on any atom is -0.456 e. The van der Waals surface area contributed by atoms with Crippen LogP contribution >= 0.6 is 11.3 Å². The van der Waals surface area contributed by atoms with Gasteiger partial charge in [0.05, 0.1) is 0 Å². The smallest absolute Gasteiger partial charge is 0.164 e. The molecule has 44 heavy (non-hydrogen) atoms. The molecule has 0 bridgehead atoms. The van der Waals surface area contributed by atoms with Crippen LogP contribution in [0, 0.1) is 0 Å². The topological polar surface area (TPSA) is 51.8 Å². The standard InChI is InChI=1S/C39H23N3OS/c1-3-10-24(11-4-1)37-40-38(25-12-5-2-6-13-25)42-39(41-37)30-15-9-16-32-36(30)29-20-18-27(23-33(29)43-32)26-19-21-35-31(22-26)28-14-7-8-17-34(28)44-35/h1-23H. The zero-order valence-electron chi connectivity index (χ0n) is 23.4. The molecular weight excluding hydrogens is 559 g/mol. The van der Waals surface area contributed by atoms with Gasteiger partial charge in [0, 0.05) is 47.6 Å². The van der Waals surface area contributed by atoms with Crippen LogP contribution in [0.5, 0.6) is 0 Å². The van der Waals surface area contributed by atoms with Crippen molar-refractivity contribution in [2.45, 2.75) is 0 Å². The molecule has 0 saturated heterocycles. The highest BCUT2D eigenvalue weighted by Gasteiger charge is 2.18. The van der Waals surface area contributed by atoms with Gasteiger partial charge in [-0.1, -0.05) is 103 Å². The van der Waals surface area contributed by atoms with E-state index in [2.05, 4.69) is 66.7 Å². The average molecular weight is 582 g/mol. The fourth-order valence-corrected chi connectivity index (χ4v) is 7.11. The molecule has 0 atom stereocenters. The Labute approximate surface area is 256 Å². The van der Waals surface area contributed by atoms with Crippen molar-refractivity contribution >= 4 is 53.4 Å². The SMILES string of the molecule is c1ccc(-c2nc(-c3ccccc3)nc(-c3cccc4oc5cc(-c6ccc7sc8ccccc8c7c6)ccc5c34)n2)cc1. The number of hydrogen-bond donors (Lipinski definition) is 0. The van der Waals surface area contributed by atoms with Gasteiger partial charge in [0.15, 0.2) is 17.5 Å². The fraction of sp³-hybridized carbons (Fsp3) is 0. The first-order chi connectivity index (χ1) is 21.8. The Morgan fingerprint density at radius 1 is 0.409 bits per heavy atom. The lowest BCUT2D eigenvalue weighted by Crippen LogP contribution is -2.00. The van der Waals surface area contributed by atoms with Crippen LogP contribution in [0.1, 0.15) is 0 Å². The summed E-state index contributed by atoms with van der Waals surface area (Å²) < 4.78 is 9.09. The second kappa shape index (κ2) is 9.97. The predicted molar refractivity (Wildman–Crippen MR) is 182 cm³/mol. The van der Waals surface area contributed by atoms with E-state index in [1.165, 1.54) is 25.7 Å². The van der Waals surface area contributed by atoms with Crippen LogP contribution in [0.2, 0.25) is 0 Å². The molecule has 0 aliphatic rings. The van der Waals surface area contributed by atoms with Crippen molar-refractivity contribution in [2.24, 2.45) is 0 Å². The summed E-state index contributed by atoms with van der Waals surface area (Å²) in [6.45, 7) is 0. The van der Waals surface area contributed by atoms with E-state index in [1.807, 2.05) is 84.1 Å². The molecule has 0 aliphatic carbocycles. The number of hydrogen-bond acceptors (Lipinski definition) is 5. The first kappa shape index (κ1) is 24.9. The number of thiophene rings is 1. The van der Waals surface area contributed by atoms with Gasteiger partial charge >= 0.3 is 0 Å². The lowest BCUT2D eigenvalue weighted by molar-refractivity contribution is 0.669. The third kappa shape index (κ3) is 4.09. The number of benzene rings is 6. The van der Waals surface area contributed by atoms with Crippen LogP contribution in [0.25, 0.3) is 87.4 Å². The summed E-state index contributed by atoms with van der Waals surface area (Å²) in [5, 5.41) is 4.61. The van der Waals surface area contributed by atoms with Crippen molar-refractivity contribution in [1.82, 2.24) is 15.0 Å². The molecule has 0 N–H and O–H groups in total. The third-order valence-electron chi connectivity index (χ3n) is 8.15. The van der Waals surface area contributed by atoms with E-state index >= 15 is 0 Å². The van der Waals surface area contributed by atoms with E-state index in [1.54, 1.807) is 0 Å². The van der Waals surface area contributed by atoms with Gasteiger partial charge in [0.25, 0.3) is 0 Å². The minimum absolute atomic E-state index is 0.616. The molecule has 0 fully saturated rings. The zero-order valence-corrected chi connectivity index (χ0v) is 24.3. The summed E-state index contributed by atoms with van der Waals surface area (Å²) in [6, 6.07) is 48.0. The molecule has 6 aromatic carbocycles. The molecule has 3 aromatic heterocycles. The van der Waals surface area contributed by atoms with Crippen molar-refractivity contribution < 1.29 is 4.42 Å². The van der Waals surface area contributed by atoms with E-state index in [0.29, 0.717) is 17.5 Å². The number of aromatic nitrogens is 3. The van der Waals surface area contributed by atoms with Crippen LogP contribution in [-0.2, 0) is 0 Å². The lowest BCUT2D eigenvalue weighted by atomic mass is 10.00. The maximum atomic E-state index is 6.48. The number of furan rings is 1. The van der Waals surface area contributed by atoms with Crippen LogP contribution in [-0.4, -0.2) is 15.0 Å². The summed E-state index contributed by atoms with van der Waals surface area (Å²) in [6.07, 6.45) is 0. The van der Waals surface area contributed by atoms with Crippen molar-refractivity contribution in [3.63, 3.8) is 0 Å². The monoisotopic (exact) mass is 581 g/mol. The molecule has 3 heterocycles. The normalized spacial score (nSPS) is 11.6.